The molecule has 1 aromatic carbocycles. The van der Waals surface area contributed by atoms with E-state index in [4.69, 9.17) is 23.2 Å². The number of amides is 2. The SMILES string of the molecule is Cc1ccc(C(=O)NNC(=O)c2c(Cl)cncc2Cl)cc1Nc1nccc(-c2cccnc2)n1. The zero-order valence-electron chi connectivity index (χ0n) is 17.7. The number of hydrogen-bond acceptors (Lipinski definition) is 7. The second-order valence-corrected chi connectivity index (χ2v) is 7.86. The maximum absolute atomic E-state index is 12.6. The van der Waals surface area contributed by atoms with Crippen LogP contribution in [0, 0.1) is 6.92 Å². The van der Waals surface area contributed by atoms with Crippen molar-refractivity contribution in [2.45, 2.75) is 6.92 Å². The average molecular weight is 494 g/mol. The van der Waals surface area contributed by atoms with Crippen LogP contribution in [-0.2, 0) is 0 Å². The third-order valence-electron chi connectivity index (χ3n) is 4.73. The predicted octanol–water partition coefficient (Wildman–Crippen LogP) is 4.37. The monoisotopic (exact) mass is 493 g/mol. The molecule has 0 bridgehead atoms. The van der Waals surface area contributed by atoms with Gasteiger partial charge in [0.15, 0.2) is 0 Å². The lowest BCUT2D eigenvalue weighted by molar-refractivity contribution is 0.0847. The second-order valence-electron chi connectivity index (χ2n) is 7.05. The molecule has 0 radical (unpaired) electrons. The highest BCUT2D eigenvalue weighted by Crippen LogP contribution is 2.23. The summed E-state index contributed by atoms with van der Waals surface area (Å²) in [6.45, 7) is 1.88. The van der Waals surface area contributed by atoms with E-state index in [0.29, 0.717) is 22.9 Å². The Kier molecular flexibility index (Phi) is 6.95. The Hall–Kier alpha value is -4.08. The largest absolute Gasteiger partial charge is 0.324 e. The average Bonchev–Trinajstić information content (AvgIpc) is 2.84. The number of aromatic nitrogens is 4. The Morgan fingerprint density at radius 2 is 1.65 bits per heavy atom. The second kappa shape index (κ2) is 10.2. The molecule has 0 fully saturated rings. The molecule has 3 aromatic heterocycles. The highest BCUT2D eigenvalue weighted by Gasteiger charge is 2.17. The van der Waals surface area contributed by atoms with Crippen molar-refractivity contribution in [3.63, 3.8) is 0 Å². The molecular formula is C23H17Cl2N7O2. The Labute approximate surface area is 204 Å². The molecule has 4 rings (SSSR count). The van der Waals surface area contributed by atoms with Crippen LogP contribution in [-0.4, -0.2) is 31.8 Å². The van der Waals surface area contributed by atoms with Crippen LogP contribution in [0.5, 0.6) is 0 Å². The van der Waals surface area contributed by atoms with Crippen molar-refractivity contribution in [3.8, 4) is 11.3 Å². The number of rotatable bonds is 5. The van der Waals surface area contributed by atoms with Crippen LogP contribution in [0.3, 0.4) is 0 Å². The van der Waals surface area contributed by atoms with E-state index in [1.165, 1.54) is 12.4 Å². The number of halogens is 2. The third-order valence-corrected chi connectivity index (χ3v) is 5.30. The van der Waals surface area contributed by atoms with Crippen LogP contribution >= 0.6 is 23.2 Å². The molecule has 0 saturated carbocycles. The van der Waals surface area contributed by atoms with Crippen LogP contribution in [0.2, 0.25) is 10.0 Å². The Morgan fingerprint density at radius 3 is 2.38 bits per heavy atom. The summed E-state index contributed by atoms with van der Waals surface area (Å²) >= 11 is 12.0. The molecule has 170 valence electrons. The molecule has 0 aliphatic rings. The van der Waals surface area contributed by atoms with E-state index in [-0.39, 0.29) is 15.6 Å². The minimum absolute atomic E-state index is 0.00976. The zero-order valence-corrected chi connectivity index (χ0v) is 19.2. The summed E-state index contributed by atoms with van der Waals surface area (Å²) in [6.07, 6.45) is 7.60. The maximum atomic E-state index is 12.6. The predicted molar refractivity (Wildman–Crippen MR) is 129 cm³/mol. The number of hydrazine groups is 1. The van der Waals surface area contributed by atoms with Gasteiger partial charge in [0.05, 0.1) is 21.3 Å². The highest BCUT2D eigenvalue weighted by molar-refractivity contribution is 6.39. The molecule has 4 aromatic rings. The molecule has 0 unspecified atom stereocenters. The molecule has 0 spiro atoms. The van der Waals surface area contributed by atoms with Gasteiger partial charge in [-0.2, -0.15) is 0 Å². The summed E-state index contributed by atoms with van der Waals surface area (Å²) in [7, 11) is 0. The lowest BCUT2D eigenvalue weighted by Crippen LogP contribution is -2.41. The first-order valence-electron chi connectivity index (χ1n) is 9.93. The molecule has 0 aliphatic carbocycles. The number of pyridine rings is 2. The van der Waals surface area contributed by atoms with Gasteiger partial charge in [-0.05, 0) is 42.8 Å². The summed E-state index contributed by atoms with van der Waals surface area (Å²) in [5.41, 5.74) is 8.00. The van der Waals surface area contributed by atoms with Gasteiger partial charge in [-0.15, -0.1) is 0 Å². The number of hydrogen-bond donors (Lipinski definition) is 3. The Morgan fingerprint density at radius 1 is 0.882 bits per heavy atom. The number of carbonyl (C=O) groups is 2. The minimum atomic E-state index is -0.670. The lowest BCUT2D eigenvalue weighted by atomic mass is 10.1. The Balaban J connectivity index is 1.48. The van der Waals surface area contributed by atoms with Crippen molar-refractivity contribution >= 4 is 46.7 Å². The molecule has 3 N–H and O–H groups in total. The topological polar surface area (TPSA) is 122 Å². The van der Waals surface area contributed by atoms with E-state index in [0.717, 1.165) is 11.1 Å². The maximum Gasteiger partial charge on any atom is 0.272 e. The quantitative estimate of drug-likeness (QED) is 0.352. The first kappa shape index (κ1) is 23.1. The van der Waals surface area contributed by atoms with Crippen LogP contribution in [0.25, 0.3) is 11.3 Å². The van der Waals surface area contributed by atoms with Gasteiger partial charge in [-0.25, -0.2) is 9.97 Å². The zero-order chi connectivity index (χ0) is 24.1. The number of nitrogens with zero attached hydrogens (tertiary/aromatic N) is 4. The highest BCUT2D eigenvalue weighted by atomic mass is 35.5. The summed E-state index contributed by atoms with van der Waals surface area (Å²) in [5, 5.41) is 3.26. The molecule has 3 heterocycles. The summed E-state index contributed by atoms with van der Waals surface area (Å²) < 4.78 is 0. The van der Waals surface area contributed by atoms with Crippen molar-refractivity contribution in [1.82, 2.24) is 30.8 Å². The molecule has 0 aliphatic heterocycles. The van der Waals surface area contributed by atoms with E-state index in [1.807, 2.05) is 19.1 Å². The van der Waals surface area contributed by atoms with Gasteiger partial charge in [0.2, 0.25) is 5.95 Å². The summed E-state index contributed by atoms with van der Waals surface area (Å²) in [6, 6.07) is 10.5. The van der Waals surface area contributed by atoms with Crippen molar-refractivity contribution in [3.05, 3.63) is 94.1 Å². The van der Waals surface area contributed by atoms with E-state index in [1.54, 1.807) is 42.9 Å². The van der Waals surface area contributed by atoms with Gasteiger partial charge in [0.1, 0.15) is 0 Å². The van der Waals surface area contributed by atoms with Crippen LogP contribution < -0.4 is 16.2 Å². The van der Waals surface area contributed by atoms with E-state index in [9.17, 15) is 9.59 Å². The number of anilines is 2. The first-order valence-corrected chi connectivity index (χ1v) is 10.7. The molecule has 0 atom stereocenters. The van der Waals surface area contributed by atoms with Gasteiger partial charge in [-0.3, -0.25) is 30.4 Å². The molecule has 2 amide bonds. The third kappa shape index (κ3) is 5.28. The van der Waals surface area contributed by atoms with Gasteiger partial charge in [-0.1, -0.05) is 29.3 Å². The van der Waals surface area contributed by atoms with Crippen molar-refractivity contribution in [2.75, 3.05) is 5.32 Å². The molecule has 11 heteroatoms. The van der Waals surface area contributed by atoms with E-state index in [2.05, 4.69) is 36.1 Å². The fraction of sp³-hybridized carbons (Fsp3) is 0.0435. The van der Waals surface area contributed by atoms with E-state index >= 15 is 0 Å². The fourth-order valence-electron chi connectivity index (χ4n) is 2.99. The Bertz CT molecular complexity index is 1350. The molecule has 34 heavy (non-hydrogen) atoms. The lowest BCUT2D eigenvalue weighted by Gasteiger charge is -2.12. The molecule has 0 saturated heterocycles. The van der Waals surface area contributed by atoms with Crippen LogP contribution in [0.4, 0.5) is 11.6 Å². The van der Waals surface area contributed by atoms with Crippen molar-refractivity contribution in [2.24, 2.45) is 0 Å². The molecular weight excluding hydrogens is 477 g/mol. The van der Waals surface area contributed by atoms with Crippen LogP contribution in [0.15, 0.2) is 67.4 Å². The van der Waals surface area contributed by atoms with Gasteiger partial charge >= 0.3 is 0 Å². The number of nitrogens with one attached hydrogen (secondary N) is 3. The summed E-state index contributed by atoms with van der Waals surface area (Å²) in [4.78, 5) is 41.7. The van der Waals surface area contributed by atoms with Crippen molar-refractivity contribution < 1.29 is 9.59 Å². The van der Waals surface area contributed by atoms with Crippen LogP contribution in [0.1, 0.15) is 26.3 Å². The van der Waals surface area contributed by atoms with Gasteiger partial charge < -0.3 is 5.32 Å². The fourth-order valence-corrected chi connectivity index (χ4v) is 3.53. The summed E-state index contributed by atoms with van der Waals surface area (Å²) in [5.74, 6) is -0.850. The smallest absolute Gasteiger partial charge is 0.272 e. The molecule has 9 nitrogen and oxygen atoms in total. The number of benzene rings is 1. The van der Waals surface area contributed by atoms with Crippen molar-refractivity contribution in [1.29, 1.82) is 0 Å². The first-order chi connectivity index (χ1) is 16.4. The minimum Gasteiger partial charge on any atom is -0.324 e. The normalized spacial score (nSPS) is 10.4. The standard InChI is InChI=1S/C23H17Cl2N7O2/c1-13-4-5-14(21(33)31-32-22(34)20-16(24)11-27-12-17(20)25)9-19(13)30-23-28-8-6-18(29-23)15-3-2-7-26-10-15/h2-12H,1H3,(H,31,33)(H,32,34)(H,28,29,30). The number of aryl methyl sites for hydroxylation is 1. The van der Waals surface area contributed by atoms with Gasteiger partial charge in [0, 0.05) is 47.8 Å². The van der Waals surface area contributed by atoms with E-state index < -0.39 is 11.8 Å². The van der Waals surface area contributed by atoms with Gasteiger partial charge in [0.25, 0.3) is 11.8 Å². The number of carbonyl (C=O) groups excluding carboxylic acids is 2.